The van der Waals surface area contributed by atoms with Crippen molar-refractivity contribution in [3.05, 3.63) is 95.1 Å². The van der Waals surface area contributed by atoms with Crippen molar-refractivity contribution in [3.63, 3.8) is 0 Å². The Morgan fingerprint density at radius 3 is 2.35 bits per heavy atom. The number of rotatable bonds is 14. The number of nitrogens with zero attached hydrogens (tertiary/aromatic N) is 4. The number of ether oxygens (including phenoxy) is 2. The summed E-state index contributed by atoms with van der Waals surface area (Å²) in [6.45, 7) is 0.379. The minimum atomic E-state index is -0.585. The zero-order chi connectivity index (χ0) is 32.3. The van der Waals surface area contributed by atoms with Crippen molar-refractivity contribution in [3.8, 4) is 0 Å². The third kappa shape index (κ3) is 9.36. The zero-order valence-electron chi connectivity index (χ0n) is 25.7. The van der Waals surface area contributed by atoms with Crippen molar-refractivity contribution >= 4 is 35.0 Å². The van der Waals surface area contributed by atoms with E-state index in [2.05, 4.69) is 26.2 Å². The van der Waals surface area contributed by atoms with E-state index in [0.29, 0.717) is 60.9 Å². The molecule has 242 valence electrons. The van der Waals surface area contributed by atoms with Crippen molar-refractivity contribution in [2.24, 2.45) is 7.05 Å². The van der Waals surface area contributed by atoms with E-state index in [9.17, 15) is 14.7 Å². The van der Waals surface area contributed by atoms with E-state index in [-0.39, 0.29) is 30.6 Å². The summed E-state index contributed by atoms with van der Waals surface area (Å²) in [6, 6.07) is 22.7. The van der Waals surface area contributed by atoms with Crippen molar-refractivity contribution in [1.82, 2.24) is 25.5 Å². The first-order valence-electron chi connectivity index (χ1n) is 15.2. The second-order valence-electron chi connectivity index (χ2n) is 11.1. The number of aliphatic hydroxyl groups is 1. The van der Waals surface area contributed by atoms with Crippen molar-refractivity contribution < 1.29 is 24.2 Å². The molecule has 2 amide bonds. The molecule has 2 heterocycles. The van der Waals surface area contributed by atoms with Gasteiger partial charge in [0.2, 0.25) is 17.0 Å². The molecule has 0 unspecified atom stereocenters. The van der Waals surface area contributed by atoms with E-state index < -0.39 is 6.29 Å². The number of hydrogen-bond donors (Lipinski definition) is 4. The third-order valence-corrected chi connectivity index (χ3v) is 8.77. The maximum absolute atomic E-state index is 12.4. The number of unbranched alkanes of at least 4 members (excludes halogenated alkanes) is 1. The monoisotopic (exact) mass is 645 g/mol. The Balaban J connectivity index is 1.10. The van der Waals surface area contributed by atoms with Crippen LogP contribution in [0.15, 0.2) is 78.0 Å². The van der Waals surface area contributed by atoms with E-state index >= 15 is 0 Å². The lowest BCUT2D eigenvalue weighted by Crippen LogP contribution is -2.31. The molecule has 0 radical (unpaired) electrons. The predicted molar refractivity (Wildman–Crippen MR) is 174 cm³/mol. The first-order chi connectivity index (χ1) is 22.4. The van der Waals surface area contributed by atoms with Crippen molar-refractivity contribution in [1.29, 1.82) is 0 Å². The van der Waals surface area contributed by atoms with Crippen LogP contribution in [0.5, 0.6) is 0 Å². The molecule has 13 heteroatoms. The lowest BCUT2D eigenvalue weighted by atomic mass is 10.0. The number of carbonyl (C=O) groups is 2. The van der Waals surface area contributed by atoms with Gasteiger partial charge < -0.3 is 30.9 Å². The molecule has 4 aromatic rings. The summed E-state index contributed by atoms with van der Waals surface area (Å²) in [5.74, 6) is 0.461. The van der Waals surface area contributed by atoms with E-state index in [4.69, 9.17) is 15.2 Å². The highest BCUT2D eigenvalue weighted by atomic mass is 32.2. The molecule has 1 aromatic heterocycles. The minimum absolute atomic E-state index is 0.0144. The molecule has 1 fully saturated rings. The van der Waals surface area contributed by atoms with E-state index in [0.717, 1.165) is 22.3 Å². The fourth-order valence-corrected chi connectivity index (χ4v) is 5.88. The van der Waals surface area contributed by atoms with Gasteiger partial charge in [-0.05, 0) is 52.1 Å². The van der Waals surface area contributed by atoms with Crippen LogP contribution >= 0.6 is 11.8 Å². The summed E-state index contributed by atoms with van der Waals surface area (Å²) in [4.78, 5) is 24.6. The maximum atomic E-state index is 12.4. The number of anilines is 2. The first-order valence-corrected chi connectivity index (χ1v) is 16.2. The number of para-hydroxylation sites is 2. The molecule has 1 aliphatic heterocycles. The number of tetrazole rings is 1. The second kappa shape index (κ2) is 16.3. The molecule has 1 saturated heterocycles. The van der Waals surface area contributed by atoms with Crippen LogP contribution < -0.4 is 16.4 Å². The normalized spacial score (nSPS) is 17.8. The van der Waals surface area contributed by atoms with Crippen LogP contribution in [0.2, 0.25) is 0 Å². The predicted octanol–water partition coefficient (Wildman–Crippen LogP) is 4.44. The van der Waals surface area contributed by atoms with Crippen LogP contribution in [0.25, 0.3) is 0 Å². The summed E-state index contributed by atoms with van der Waals surface area (Å²) in [7, 11) is 1.80. The first kappa shape index (κ1) is 33.1. The van der Waals surface area contributed by atoms with Crippen LogP contribution in [-0.2, 0) is 39.3 Å². The standard InChI is InChI=1S/C33H39N7O5S/c1-40-33(37-38-39-40)46-21-26-18-29(24-14-12-23(20-41)13-15-24)45-32(44-26)25-16-10-22(11-17-25)19-35-30(42)8-4-5-9-31(43)36-28-7-3-2-6-27(28)34/h2-3,6-7,10-17,26,29,32,41H,4-5,8-9,18-21,34H2,1H3,(H,35,42)(H,36,43)/t26-,29+,32+/m1/s1. The third-order valence-electron chi connectivity index (χ3n) is 7.63. The molecular formula is C33H39N7O5S. The van der Waals surface area contributed by atoms with Gasteiger partial charge in [-0.1, -0.05) is 72.4 Å². The van der Waals surface area contributed by atoms with Gasteiger partial charge in [-0.3, -0.25) is 9.59 Å². The number of amides is 2. The van der Waals surface area contributed by atoms with Crippen molar-refractivity contribution in [2.75, 3.05) is 16.8 Å². The molecule has 0 aliphatic carbocycles. The molecule has 46 heavy (non-hydrogen) atoms. The summed E-state index contributed by atoms with van der Waals surface area (Å²) >= 11 is 1.53. The van der Waals surface area contributed by atoms with Gasteiger partial charge in [0.15, 0.2) is 6.29 Å². The van der Waals surface area contributed by atoms with Crippen LogP contribution in [0.1, 0.15) is 66.8 Å². The Hall–Kier alpha value is -4.30. The Morgan fingerprint density at radius 1 is 0.957 bits per heavy atom. The highest BCUT2D eigenvalue weighted by molar-refractivity contribution is 7.99. The van der Waals surface area contributed by atoms with Gasteiger partial charge in [-0.25, -0.2) is 4.68 Å². The molecular weight excluding hydrogens is 606 g/mol. The number of hydrogen-bond acceptors (Lipinski definition) is 10. The number of aliphatic hydroxyl groups excluding tert-OH is 1. The second-order valence-corrected chi connectivity index (χ2v) is 12.1. The van der Waals surface area contributed by atoms with Gasteiger partial charge in [-0.15, -0.1) is 5.10 Å². The molecule has 3 atom stereocenters. The molecule has 0 bridgehead atoms. The zero-order valence-corrected chi connectivity index (χ0v) is 26.5. The summed E-state index contributed by atoms with van der Waals surface area (Å²) in [5.41, 5.74) is 10.7. The number of nitrogen functional groups attached to an aromatic ring is 1. The highest BCUT2D eigenvalue weighted by Gasteiger charge is 2.32. The Morgan fingerprint density at radius 2 is 1.65 bits per heavy atom. The highest BCUT2D eigenvalue weighted by Crippen LogP contribution is 2.39. The lowest BCUT2D eigenvalue weighted by molar-refractivity contribution is -0.245. The quantitative estimate of drug-likeness (QED) is 0.0875. The van der Waals surface area contributed by atoms with Gasteiger partial charge in [0.1, 0.15) is 0 Å². The lowest BCUT2D eigenvalue weighted by Gasteiger charge is -2.36. The summed E-state index contributed by atoms with van der Waals surface area (Å²) in [6.07, 6.45) is 1.62. The number of nitrogens with two attached hydrogens (primary N) is 1. The molecule has 0 saturated carbocycles. The van der Waals surface area contributed by atoms with Gasteiger partial charge in [0.05, 0.1) is 30.2 Å². The van der Waals surface area contributed by atoms with Gasteiger partial charge >= 0.3 is 0 Å². The molecule has 5 N–H and O–H groups in total. The largest absolute Gasteiger partial charge is 0.397 e. The van der Waals surface area contributed by atoms with Crippen LogP contribution in [-0.4, -0.2) is 49.0 Å². The van der Waals surface area contributed by atoms with Crippen LogP contribution in [0, 0.1) is 0 Å². The van der Waals surface area contributed by atoms with Gasteiger partial charge in [0, 0.05) is 44.2 Å². The molecule has 12 nitrogen and oxygen atoms in total. The Bertz CT molecular complexity index is 1580. The average molecular weight is 646 g/mol. The molecule has 3 aromatic carbocycles. The smallest absolute Gasteiger partial charge is 0.224 e. The van der Waals surface area contributed by atoms with Crippen LogP contribution in [0.4, 0.5) is 11.4 Å². The van der Waals surface area contributed by atoms with E-state index in [1.807, 2.05) is 60.7 Å². The minimum Gasteiger partial charge on any atom is -0.397 e. The Labute approximate surface area is 272 Å². The summed E-state index contributed by atoms with van der Waals surface area (Å²) in [5, 5.41) is 27.6. The topological polar surface area (TPSA) is 167 Å². The van der Waals surface area contributed by atoms with Crippen molar-refractivity contribution in [2.45, 2.75) is 68.9 Å². The molecule has 0 spiro atoms. The number of benzene rings is 3. The van der Waals surface area contributed by atoms with E-state index in [1.54, 1.807) is 23.9 Å². The number of nitrogens with one attached hydrogen (secondary N) is 2. The number of aromatic nitrogens is 4. The van der Waals surface area contributed by atoms with E-state index in [1.165, 1.54) is 11.8 Å². The Kier molecular flexibility index (Phi) is 11.7. The SMILES string of the molecule is Cn1nnnc1SC[C@H]1C[C@@H](c2ccc(CO)cc2)O[C@@H](c2ccc(CNC(=O)CCCCC(=O)Nc3ccccc3N)cc2)O1. The van der Waals surface area contributed by atoms with Crippen LogP contribution in [0.3, 0.4) is 0 Å². The number of aryl methyl sites for hydroxylation is 1. The number of carbonyl (C=O) groups excluding carboxylic acids is 2. The fourth-order valence-electron chi connectivity index (χ4n) is 5.01. The maximum Gasteiger partial charge on any atom is 0.224 e. The number of thioether (sulfide) groups is 1. The van der Waals surface area contributed by atoms with Gasteiger partial charge in [0.25, 0.3) is 0 Å². The summed E-state index contributed by atoms with van der Waals surface area (Å²) < 4.78 is 14.5. The average Bonchev–Trinajstić information content (AvgIpc) is 3.50. The van der Waals surface area contributed by atoms with Gasteiger partial charge in [-0.2, -0.15) is 0 Å². The fraction of sp³-hybridized carbons (Fsp3) is 0.364. The molecule has 1 aliphatic rings. The molecule has 5 rings (SSSR count).